The van der Waals surface area contributed by atoms with Crippen molar-refractivity contribution in [3.8, 4) is 0 Å². The molecule has 0 unspecified atom stereocenters. The van der Waals surface area contributed by atoms with Crippen molar-refractivity contribution in [3.05, 3.63) is 29.1 Å². The first-order valence-electron chi connectivity index (χ1n) is 9.71. The first-order chi connectivity index (χ1) is 14.5. The number of hydrogen-bond acceptors (Lipinski definition) is 10. The fraction of sp³-hybridized carbons (Fsp3) is 0.556. The van der Waals surface area contributed by atoms with E-state index in [1.165, 1.54) is 17.0 Å². The average molecular weight is 439 g/mol. The molecule has 0 bridgehead atoms. The van der Waals surface area contributed by atoms with Crippen LogP contribution in [0.3, 0.4) is 0 Å². The molecule has 1 aliphatic rings. The summed E-state index contributed by atoms with van der Waals surface area (Å²) >= 11 is 6.13. The van der Waals surface area contributed by atoms with Crippen molar-refractivity contribution in [3.63, 3.8) is 0 Å². The number of aliphatic hydroxyl groups is 3. The predicted octanol–water partition coefficient (Wildman–Crippen LogP) is 1.55. The number of fused-ring (bicyclic) bond motifs is 1. The minimum atomic E-state index is -1.29. The van der Waals surface area contributed by atoms with Gasteiger partial charge in [0, 0.05) is 12.1 Å². The molecule has 1 saturated heterocycles. The summed E-state index contributed by atoms with van der Waals surface area (Å²) in [4.78, 5) is 12.9. The van der Waals surface area contributed by atoms with Gasteiger partial charge in [-0.2, -0.15) is 9.97 Å². The summed E-state index contributed by atoms with van der Waals surface area (Å²) in [6.07, 6.45) is -1.31. The van der Waals surface area contributed by atoms with Gasteiger partial charge in [-0.25, -0.2) is 4.98 Å². The third kappa shape index (κ3) is 3.63. The van der Waals surface area contributed by atoms with E-state index in [1.807, 2.05) is 0 Å². The lowest BCUT2D eigenvalue weighted by atomic mass is 10.1. The van der Waals surface area contributed by atoms with E-state index < -0.39 is 24.5 Å². The van der Waals surface area contributed by atoms with Crippen molar-refractivity contribution in [2.75, 3.05) is 5.32 Å². The third-order valence-electron chi connectivity index (χ3n) is 5.25. The van der Waals surface area contributed by atoms with Gasteiger partial charge in [-0.1, -0.05) is 19.0 Å². The molecule has 3 aromatic rings. The molecular formula is C18H23ClN6O5. The number of rotatable bonds is 7. The maximum Gasteiger partial charge on any atom is 0.226 e. The molecule has 0 aromatic carbocycles. The van der Waals surface area contributed by atoms with Crippen LogP contribution in [-0.2, 0) is 11.3 Å². The van der Waals surface area contributed by atoms with Gasteiger partial charge in [0.1, 0.15) is 24.0 Å². The minimum Gasteiger partial charge on any atom is -0.390 e. The van der Waals surface area contributed by atoms with Gasteiger partial charge in [0.25, 0.3) is 0 Å². The second kappa shape index (κ2) is 8.44. The van der Waals surface area contributed by atoms with Crippen LogP contribution in [0.5, 0.6) is 0 Å². The Kier molecular flexibility index (Phi) is 5.89. The topological polar surface area (TPSA) is 152 Å². The van der Waals surface area contributed by atoms with Gasteiger partial charge in [0.05, 0.1) is 12.9 Å². The highest BCUT2D eigenvalue weighted by atomic mass is 35.5. The van der Waals surface area contributed by atoms with E-state index in [9.17, 15) is 10.2 Å². The maximum absolute atomic E-state index is 10.6. The molecule has 162 valence electrons. The second-order valence-corrected chi connectivity index (χ2v) is 7.47. The largest absolute Gasteiger partial charge is 0.390 e. The van der Waals surface area contributed by atoms with E-state index in [2.05, 4.69) is 39.3 Å². The molecule has 1 aliphatic heterocycles. The Morgan fingerprint density at radius 1 is 1.23 bits per heavy atom. The molecule has 4 N–H and O–H groups in total. The molecule has 4 atom stereocenters. The quantitative estimate of drug-likeness (QED) is 0.400. The molecule has 11 nitrogen and oxygen atoms in total. The first kappa shape index (κ1) is 20.9. The number of ether oxygens (including phenoxy) is 1. The Hall–Kier alpha value is -2.31. The number of imidazole rings is 1. The summed E-state index contributed by atoms with van der Waals surface area (Å²) in [5.41, 5.74) is 1.12. The average Bonchev–Trinajstić information content (AvgIpc) is 3.45. The van der Waals surface area contributed by atoms with Crippen LogP contribution in [0.15, 0.2) is 16.9 Å². The van der Waals surface area contributed by atoms with Gasteiger partial charge in [-0.3, -0.25) is 4.57 Å². The summed E-state index contributed by atoms with van der Waals surface area (Å²) in [5, 5.41) is 37.3. The Balaban J connectivity index is 1.68. The fourth-order valence-electron chi connectivity index (χ4n) is 3.52. The number of anilines is 1. The zero-order valence-electron chi connectivity index (χ0n) is 16.4. The molecule has 0 amide bonds. The zero-order chi connectivity index (χ0) is 21.4. The molecule has 30 heavy (non-hydrogen) atoms. The molecule has 3 aromatic heterocycles. The van der Waals surface area contributed by atoms with E-state index in [-0.39, 0.29) is 23.7 Å². The summed E-state index contributed by atoms with van der Waals surface area (Å²) in [5.74, 6) is 0.686. The van der Waals surface area contributed by atoms with Crippen LogP contribution in [0.2, 0.25) is 5.28 Å². The Morgan fingerprint density at radius 3 is 2.67 bits per heavy atom. The molecule has 0 spiro atoms. The zero-order valence-corrected chi connectivity index (χ0v) is 17.2. The summed E-state index contributed by atoms with van der Waals surface area (Å²) in [6.45, 7) is 3.82. The minimum absolute atomic E-state index is 0.0186. The van der Waals surface area contributed by atoms with E-state index >= 15 is 0 Å². The van der Waals surface area contributed by atoms with Crippen LogP contribution >= 0.6 is 11.6 Å². The number of halogens is 1. The van der Waals surface area contributed by atoms with Crippen LogP contribution in [-0.4, -0.2) is 58.2 Å². The van der Waals surface area contributed by atoms with Gasteiger partial charge in [0.15, 0.2) is 29.0 Å². The number of aromatic nitrogens is 5. The van der Waals surface area contributed by atoms with Gasteiger partial charge in [0.2, 0.25) is 5.28 Å². The molecule has 1 fully saturated rings. The van der Waals surface area contributed by atoms with E-state index in [0.717, 1.165) is 12.8 Å². The van der Waals surface area contributed by atoms with Crippen LogP contribution in [0.25, 0.3) is 11.2 Å². The van der Waals surface area contributed by atoms with Gasteiger partial charge in [-0.15, -0.1) is 0 Å². The van der Waals surface area contributed by atoms with E-state index in [0.29, 0.717) is 22.7 Å². The molecule has 12 heteroatoms. The van der Waals surface area contributed by atoms with Crippen LogP contribution in [0, 0.1) is 0 Å². The highest BCUT2D eigenvalue weighted by Gasteiger charge is 2.47. The lowest BCUT2D eigenvalue weighted by Crippen LogP contribution is -2.29. The van der Waals surface area contributed by atoms with Crippen molar-refractivity contribution in [1.82, 2.24) is 24.7 Å². The lowest BCUT2D eigenvalue weighted by Gasteiger charge is -2.18. The van der Waals surface area contributed by atoms with Crippen LogP contribution in [0.4, 0.5) is 5.82 Å². The Labute approximate surface area is 176 Å². The molecule has 0 radical (unpaired) electrons. The van der Waals surface area contributed by atoms with Gasteiger partial charge < -0.3 is 29.9 Å². The van der Waals surface area contributed by atoms with Crippen molar-refractivity contribution in [1.29, 1.82) is 0 Å². The number of nitrogens with one attached hydrogen (secondary N) is 1. The number of aliphatic hydroxyl groups excluding tert-OH is 3. The van der Waals surface area contributed by atoms with E-state index in [4.69, 9.17) is 26.0 Å². The maximum atomic E-state index is 10.6. The van der Waals surface area contributed by atoms with Crippen molar-refractivity contribution in [2.45, 2.75) is 63.9 Å². The molecule has 4 rings (SSSR count). The highest BCUT2D eigenvalue weighted by molar-refractivity contribution is 6.28. The Morgan fingerprint density at radius 2 is 2.00 bits per heavy atom. The van der Waals surface area contributed by atoms with Crippen LogP contribution < -0.4 is 5.32 Å². The third-order valence-corrected chi connectivity index (χ3v) is 5.42. The molecule has 0 aliphatic carbocycles. The molecule has 0 saturated carbocycles. The number of hydrogen-bond donors (Lipinski definition) is 4. The smallest absolute Gasteiger partial charge is 0.226 e. The normalized spacial score (nSPS) is 24.2. The first-order valence-corrected chi connectivity index (χ1v) is 10.1. The van der Waals surface area contributed by atoms with E-state index in [1.54, 1.807) is 0 Å². The Bertz CT molecular complexity index is 1020. The van der Waals surface area contributed by atoms with Crippen molar-refractivity contribution in [2.24, 2.45) is 0 Å². The van der Waals surface area contributed by atoms with Gasteiger partial charge >= 0.3 is 0 Å². The summed E-state index contributed by atoms with van der Waals surface area (Å²) in [7, 11) is 0. The summed E-state index contributed by atoms with van der Waals surface area (Å²) < 4.78 is 12.5. The molecular weight excluding hydrogens is 416 g/mol. The molecule has 4 heterocycles. The highest BCUT2D eigenvalue weighted by Crippen LogP contribution is 2.40. The van der Waals surface area contributed by atoms with Crippen LogP contribution in [0.1, 0.15) is 50.5 Å². The van der Waals surface area contributed by atoms with Crippen molar-refractivity contribution < 1.29 is 24.6 Å². The monoisotopic (exact) mass is 438 g/mol. The predicted molar refractivity (Wildman–Crippen MR) is 106 cm³/mol. The SMILES string of the molecule is CCC(CC)Nc1nc(Cl)nc2c1ncn2[C@@H]1O[C@H](c2cc(CO)no2)[C@@H](O)[C@H]1O. The lowest BCUT2D eigenvalue weighted by molar-refractivity contribution is -0.0434. The second-order valence-electron chi connectivity index (χ2n) is 7.13. The fourth-order valence-corrected chi connectivity index (χ4v) is 3.69. The number of nitrogens with zero attached hydrogens (tertiary/aromatic N) is 5. The van der Waals surface area contributed by atoms with Gasteiger partial charge in [-0.05, 0) is 24.4 Å². The van der Waals surface area contributed by atoms with Crippen molar-refractivity contribution >= 4 is 28.6 Å². The summed E-state index contributed by atoms with van der Waals surface area (Å²) in [6, 6.07) is 1.65. The standard InChI is InChI=1S/C18H23ClN6O5/c1-3-8(4-2)21-15-11-16(23-18(19)22-15)25(7-20-11)17-13(28)12(27)14(29-17)10-5-9(6-26)24-30-10/h5,7-8,12-14,17,26-28H,3-4,6H2,1-2H3,(H,21,22,23)/t12-,13+,14+,17+/m0/s1.